The summed E-state index contributed by atoms with van der Waals surface area (Å²) in [5.41, 5.74) is 0. The molecule has 0 heterocycles. The van der Waals surface area contributed by atoms with Crippen LogP contribution in [0.25, 0.3) is 0 Å². The van der Waals surface area contributed by atoms with Crippen molar-refractivity contribution in [3.05, 3.63) is 25.3 Å². The zero-order chi connectivity index (χ0) is 11.0. The fraction of sp³-hybridized carbons (Fsp3) is 0.667. The molecule has 0 amide bonds. The van der Waals surface area contributed by atoms with Gasteiger partial charge in [0.05, 0.1) is 0 Å². The fourth-order valence-electron chi connectivity index (χ4n) is 1.30. The highest BCUT2D eigenvalue weighted by molar-refractivity contribution is 4.83. The summed E-state index contributed by atoms with van der Waals surface area (Å²) in [6.07, 6.45) is 3.88. The van der Waals surface area contributed by atoms with E-state index in [1.54, 1.807) is 0 Å². The largest absolute Gasteiger partial charge is 0.313 e. The summed E-state index contributed by atoms with van der Waals surface area (Å²) in [6.45, 7) is 16.9. The van der Waals surface area contributed by atoms with Gasteiger partial charge >= 0.3 is 0 Å². The summed E-state index contributed by atoms with van der Waals surface area (Å²) in [7, 11) is 0. The lowest BCUT2D eigenvalue weighted by Crippen LogP contribution is -2.42. The predicted octanol–water partition coefficient (Wildman–Crippen LogP) is 2.05. The van der Waals surface area contributed by atoms with E-state index in [4.69, 9.17) is 0 Å². The van der Waals surface area contributed by atoms with Crippen LogP contribution in [0.5, 0.6) is 0 Å². The fourth-order valence-corrected chi connectivity index (χ4v) is 1.30. The van der Waals surface area contributed by atoms with Gasteiger partial charge in [-0.2, -0.15) is 0 Å². The second-order valence-corrected chi connectivity index (χ2v) is 3.94. The summed E-state index contributed by atoms with van der Waals surface area (Å²) >= 11 is 0. The molecule has 0 spiro atoms. The van der Waals surface area contributed by atoms with Gasteiger partial charge in [-0.3, -0.25) is 4.90 Å². The Morgan fingerprint density at radius 1 is 1.14 bits per heavy atom. The SMILES string of the molecule is C=CCN(CC=C)C(C)CNC(C)C. The molecule has 0 saturated heterocycles. The van der Waals surface area contributed by atoms with Crippen molar-refractivity contribution in [2.45, 2.75) is 32.9 Å². The second-order valence-electron chi connectivity index (χ2n) is 3.94. The van der Waals surface area contributed by atoms with Crippen molar-refractivity contribution in [1.29, 1.82) is 0 Å². The molecule has 14 heavy (non-hydrogen) atoms. The molecule has 2 nitrogen and oxygen atoms in total. The van der Waals surface area contributed by atoms with E-state index in [1.165, 1.54) is 0 Å². The van der Waals surface area contributed by atoms with E-state index >= 15 is 0 Å². The Balaban J connectivity index is 3.92. The van der Waals surface area contributed by atoms with Crippen molar-refractivity contribution in [2.24, 2.45) is 0 Å². The van der Waals surface area contributed by atoms with Gasteiger partial charge in [0.1, 0.15) is 0 Å². The first-order valence-electron chi connectivity index (χ1n) is 5.31. The molecule has 0 aliphatic rings. The van der Waals surface area contributed by atoms with Gasteiger partial charge in [0.15, 0.2) is 0 Å². The molecule has 2 heteroatoms. The molecule has 0 saturated carbocycles. The van der Waals surface area contributed by atoms with Gasteiger partial charge in [0.2, 0.25) is 0 Å². The molecule has 1 unspecified atom stereocenters. The van der Waals surface area contributed by atoms with Crippen LogP contribution in [0.1, 0.15) is 20.8 Å². The number of hydrogen-bond acceptors (Lipinski definition) is 2. The Kier molecular flexibility index (Phi) is 7.44. The number of rotatable bonds is 8. The van der Waals surface area contributed by atoms with Gasteiger partial charge in [0, 0.05) is 31.7 Å². The van der Waals surface area contributed by atoms with Gasteiger partial charge in [-0.15, -0.1) is 13.2 Å². The molecule has 0 bridgehead atoms. The Morgan fingerprint density at radius 2 is 1.64 bits per heavy atom. The van der Waals surface area contributed by atoms with Crippen LogP contribution in [0.3, 0.4) is 0 Å². The zero-order valence-electron chi connectivity index (χ0n) is 9.79. The van der Waals surface area contributed by atoms with E-state index in [1.807, 2.05) is 12.2 Å². The Hall–Kier alpha value is -0.600. The summed E-state index contributed by atoms with van der Waals surface area (Å²) in [6, 6.07) is 1.07. The van der Waals surface area contributed by atoms with Gasteiger partial charge < -0.3 is 5.32 Å². The van der Waals surface area contributed by atoms with Gasteiger partial charge in [-0.1, -0.05) is 26.0 Å². The molecule has 82 valence electrons. The minimum Gasteiger partial charge on any atom is -0.313 e. The third kappa shape index (κ3) is 5.95. The molecule has 0 fully saturated rings. The van der Waals surface area contributed by atoms with Crippen LogP contribution in [-0.2, 0) is 0 Å². The van der Waals surface area contributed by atoms with Crippen LogP contribution >= 0.6 is 0 Å². The average Bonchev–Trinajstić information content (AvgIpc) is 2.14. The van der Waals surface area contributed by atoms with Crippen LogP contribution < -0.4 is 5.32 Å². The molecule has 1 atom stereocenters. The van der Waals surface area contributed by atoms with Crippen molar-refractivity contribution < 1.29 is 0 Å². The normalized spacial score (nSPS) is 13.2. The van der Waals surface area contributed by atoms with Crippen molar-refractivity contribution in [3.63, 3.8) is 0 Å². The van der Waals surface area contributed by atoms with Crippen molar-refractivity contribution in [1.82, 2.24) is 10.2 Å². The lowest BCUT2D eigenvalue weighted by molar-refractivity contribution is 0.245. The average molecular weight is 196 g/mol. The van der Waals surface area contributed by atoms with E-state index in [0.29, 0.717) is 12.1 Å². The maximum atomic E-state index is 3.76. The van der Waals surface area contributed by atoms with E-state index in [2.05, 4.69) is 44.1 Å². The maximum absolute atomic E-state index is 3.76. The van der Waals surface area contributed by atoms with Crippen LogP contribution in [0.4, 0.5) is 0 Å². The zero-order valence-corrected chi connectivity index (χ0v) is 9.79. The monoisotopic (exact) mass is 196 g/mol. The van der Waals surface area contributed by atoms with E-state index in [9.17, 15) is 0 Å². The molecular formula is C12H24N2. The van der Waals surface area contributed by atoms with Gasteiger partial charge in [-0.25, -0.2) is 0 Å². The van der Waals surface area contributed by atoms with Crippen molar-refractivity contribution >= 4 is 0 Å². The van der Waals surface area contributed by atoms with E-state index in [-0.39, 0.29) is 0 Å². The minimum atomic E-state index is 0.522. The standard InChI is InChI=1S/C12H24N2/c1-6-8-14(9-7-2)12(5)10-13-11(3)4/h6-7,11-13H,1-2,8-10H2,3-5H3. The number of nitrogens with zero attached hydrogens (tertiary/aromatic N) is 1. The molecule has 0 aliphatic heterocycles. The molecule has 0 aromatic heterocycles. The molecule has 0 aliphatic carbocycles. The molecule has 1 N–H and O–H groups in total. The highest BCUT2D eigenvalue weighted by atomic mass is 15.2. The molecule has 0 rings (SSSR count). The number of nitrogens with one attached hydrogen (secondary N) is 1. The topological polar surface area (TPSA) is 15.3 Å². The summed E-state index contributed by atoms with van der Waals surface area (Å²) in [5.74, 6) is 0. The van der Waals surface area contributed by atoms with E-state index < -0.39 is 0 Å². The van der Waals surface area contributed by atoms with Crippen LogP contribution in [0.15, 0.2) is 25.3 Å². The van der Waals surface area contributed by atoms with Crippen LogP contribution in [-0.4, -0.2) is 36.6 Å². The highest BCUT2D eigenvalue weighted by Crippen LogP contribution is 1.98. The smallest absolute Gasteiger partial charge is 0.0199 e. The molecular weight excluding hydrogens is 172 g/mol. The Labute approximate surface area is 88.7 Å². The first kappa shape index (κ1) is 13.4. The highest BCUT2D eigenvalue weighted by Gasteiger charge is 2.10. The predicted molar refractivity (Wildman–Crippen MR) is 64.6 cm³/mol. The minimum absolute atomic E-state index is 0.522. The first-order valence-corrected chi connectivity index (χ1v) is 5.31. The summed E-state index contributed by atoms with van der Waals surface area (Å²) < 4.78 is 0. The quantitative estimate of drug-likeness (QED) is 0.598. The maximum Gasteiger partial charge on any atom is 0.0199 e. The summed E-state index contributed by atoms with van der Waals surface area (Å²) in [4.78, 5) is 2.34. The third-order valence-corrected chi connectivity index (χ3v) is 2.17. The molecule has 0 aromatic carbocycles. The Bertz CT molecular complexity index is 154. The first-order chi connectivity index (χ1) is 6.61. The summed E-state index contributed by atoms with van der Waals surface area (Å²) in [5, 5.41) is 3.43. The molecule has 0 radical (unpaired) electrons. The van der Waals surface area contributed by atoms with Gasteiger partial charge in [0.25, 0.3) is 0 Å². The van der Waals surface area contributed by atoms with E-state index in [0.717, 1.165) is 19.6 Å². The van der Waals surface area contributed by atoms with Gasteiger partial charge in [-0.05, 0) is 6.92 Å². The van der Waals surface area contributed by atoms with Crippen molar-refractivity contribution in [3.8, 4) is 0 Å². The second kappa shape index (κ2) is 7.77. The van der Waals surface area contributed by atoms with Crippen molar-refractivity contribution in [2.75, 3.05) is 19.6 Å². The Morgan fingerprint density at radius 3 is 2.00 bits per heavy atom. The third-order valence-electron chi connectivity index (χ3n) is 2.17. The number of hydrogen-bond donors (Lipinski definition) is 1. The van der Waals surface area contributed by atoms with Crippen LogP contribution in [0.2, 0.25) is 0 Å². The molecule has 0 aromatic rings. The van der Waals surface area contributed by atoms with Crippen LogP contribution in [0, 0.1) is 0 Å². The lowest BCUT2D eigenvalue weighted by atomic mass is 10.2. The lowest BCUT2D eigenvalue weighted by Gasteiger charge is -2.27.